The van der Waals surface area contributed by atoms with Gasteiger partial charge in [-0.15, -0.1) is 0 Å². The maximum atomic E-state index is 5.75. The van der Waals surface area contributed by atoms with E-state index in [9.17, 15) is 0 Å². The fourth-order valence-electron chi connectivity index (χ4n) is 2.94. The van der Waals surface area contributed by atoms with Crippen molar-refractivity contribution < 1.29 is 4.74 Å². The highest BCUT2D eigenvalue weighted by atomic mass is 16.5. The minimum atomic E-state index is 0.181. The van der Waals surface area contributed by atoms with Crippen LogP contribution in [0, 0.1) is 0 Å². The molecule has 1 saturated carbocycles. The zero-order valence-electron chi connectivity index (χ0n) is 12.6. The summed E-state index contributed by atoms with van der Waals surface area (Å²) in [4.78, 5) is 6.94. The molecule has 0 spiro atoms. The first-order chi connectivity index (χ1) is 9.81. The summed E-state index contributed by atoms with van der Waals surface area (Å²) in [5.41, 5.74) is 2.68. The molecule has 1 heterocycles. The van der Waals surface area contributed by atoms with Gasteiger partial charge in [-0.25, -0.2) is 10.8 Å². The molecule has 0 aromatic heterocycles. The molecule has 0 bridgehead atoms. The molecule has 0 aromatic carbocycles. The summed E-state index contributed by atoms with van der Waals surface area (Å²) in [6.07, 6.45) is 6.55. The zero-order chi connectivity index (χ0) is 14.2. The minimum absolute atomic E-state index is 0.181. The Kier molecular flexibility index (Phi) is 6.56. The molecule has 2 aliphatic rings. The number of likely N-dealkylation sites (N-methyl/N-ethyl adjacent to an activating group) is 1. The first-order valence-corrected chi connectivity index (χ1v) is 7.93. The topological polar surface area (TPSA) is 74.9 Å². The van der Waals surface area contributed by atoms with Gasteiger partial charge in [-0.05, 0) is 19.4 Å². The minimum Gasteiger partial charge on any atom is -0.374 e. The van der Waals surface area contributed by atoms with E-state index in [1.165, 1.54) is 32.1 Å². The molecule has 2 rings (SSSR count). The highest BCUT2D eigenvalue weighted by Gasteiger charge is 2.19. The molecule has 6 heteroatoms. The predicted octanol–water partition coefficient (Wildman–Crippen LogP) is 0.449. The predicted molar refractivity (Wildman–Crippen MR) is 81.5 cm³/mol. The second-order valence-electron chi connectivity index (χ2n) is 5.70. The van der Waals surface area contributed by atoms with Crippen molar-refractivity contribution in [2.45, 2.75) is 51.2 Å². The molecule has 2 fully saturated rings. The summed E-state index contributed by atoms with van der Waals surface area (Å²) >= 11 is 0. The van der Waals surface area contributed by atoms with Crippen LogP contribution in [-0.4, -0.2) is 55.8 Å². The fourth-order valence-corrected chi connectivity index (χ4v) is 2.94. The highest BCUT2D eigenvalue weighted by Crippen LogP contribution is 2.17. The molecular formula is C14H29N5O. The highest BCUT2D eigenvalue weighted by molar-refractivity contribution is 5.79. The van der Waals surface area contributed by atoms with Crippen LogP contribution in [0.4, 0.5) is 0 Å². The van der Waals surface area contributed by atoms with Gasteiger partial charge in [-0.3, -0.25) is 10.3 Å². The van der Waals surface area contributed by atoms with Gasteiger partial charge in [-0.1, -0.05) is 26.2 Å². The van der Waals surface area contributed by atoms with E-state index < -0.39 is 0 Å². The molecule has 6 nitrogen and oxygen atoms in total. The summed E-state index contributed by atoms with van der Waals surface area (Å²) in [5, 5.41) is 3.42. The normalized spacial score (nSPS) is 26.5. The first-order valence-electron chi connectivity index (χ1n) is 7.93. The lowest BCUT2D eigenvalue weighted by Gasteiger charge is -2.31. The van der Waals surface area contributed by atoms with E-state index in [0.29, 0.717) is 18.5 Å². The average molecular weight is 283 g/mol. The fraction of sp³-hybridized carbons (Fsp3) is 0.929. The Morgan fingerprint density at radius 1 is 1.35 bits per heavy atom. The van der Waals surface area contributed by atoms with Crippen molar-refractivity contribution in [2.24, 2.45) is 10.8 Å². The maximum Gasteiger partial charge on any atom is 0.206 e. The lowest BCUT2D eigenvalue weighted by molar-refractivity contribution is -0.0210. The molecule has 20 heavy (non-hydrogen) atoms. The molecular weight excluding hydrogens is 254 g/mol. The van der Waals surface area contributed by atoms with Gasteiger partial charge in [0.1, 0.15) is 0 Å². The summed E-state index contributed by atoms with van der Waals surface area (Å²) in [6, 6.07) is 0.512. The number of hydrogen-bond acceptors (Lipinski definition) is 4. The molecule has 1 atom stereocenters. The number of morpholine rings is 1. The number of nitrogens with zero attached hydrogens (tertiary/aromatic N) is 2. The Hall–Kier alpha value is -0.850. The quantitative estimate of drug-likeness (QED) is 0.302. The molecule has 1 aliphatic heterocycles. The van der Waals surface area contributed by atoms with Crippen molar-refractivity contribution in [2.75, 3.05) is 32.8 Å². The standard InChI is InChI=1S/C14H29N5O/c1-2-19-8-9-20-13(11-19)10-16-14(18-15)17-12-6-4-3-5-7-12/h12-13H,2-11,15H2,1H3,(H2,16,17,18). The molecule has 0 amide bonds. The second-order valence-corrected chi connectivity index (χ2v) is 5.70. The summed E-state index contributed by atoms with van der Waals surface area (Å²) in [5.74, 6) is 6.27. The van der Waals surface area contributed by atoms with Gasteiger partial charge < -0.3 is 10.1 Å². The first kappa shape index (κ1) is 15.5. The average Bonchev–Trinajstić information content (AvgIpc) is 2.52. The lowest BCUT2D eigenvalue weighted by atomic mass is 9.96. The third kappa shape index (κ3) is 4.92. The van der Waals surface area contributed by atoms with Gasteiger partial charge >= 0.3 is 0 Å². The molecule has 1 saturated heterocycles. The second kappa shape index (κ2) is 8.44. The Morgan fingerprint density at radius 3 is 2.85 bits per heavy atom. The van der Waals surface area contributed by atoms with Crippen molar-refractivity contribution in [1.29, 1.82) is 0 Å². The summed E-state index contributed by atoms with van der Waals surface area (Å²) in [7, 11) is 0. The maximum absolute atomic E-state index is 5.75. The van der Waals surface area contributed by atoms with Gasteiger partial charge in [0.25, 0.3) is 0 Å². The Morgan fingerprint density at radius 2 is 2.15 bits per heavy atom. The van der Waals surface area contributed by atoms with E-state index in [0.717, 1.165) is 26.2 Å². The third-order valence-corrected chi connectivity index (χ3v) is 4.21. The van der Waals surface area contributed by atoms with Gasteiger partial charge in [0.15, 0.2) is 0 Å². The van der Waals surface area contributed by atoms with Crippen LogP contribution in [0.3, 0.4) is 0 Å². The number of guanidine groups is 1. The van der Waals surface area contributed by atoms with E-state index in [1.54, 1.807) is 0 Å². The van der Waals surface area contributed by atoms with Crippen LogP contribution < -0.4 is 16.6 Å². The number of nitrogens with two attached hydrogens (primary N) is 1. The smallest absolute Gasteiger partial charge is 0.206 e. The van der Waals surface area contributed by atoms with E-state index >= 15 is 0 Å². The Balaban J connectivity index is 1.77. The van der Waals surface area contributed by atoms with E-state index in [-0.39, 0.29) is 6.10 Å². The van der Waals surface area contributed by atoms with Crippen molar-refractivity contribution in [1.82, 2.24) is 15.6 Å². The monoisotopic (exact) mass is 283 g/mol. The van der Waals surface area contributed by atoms with Crippen molar-refractivity contribution in [3.63, 3.8) is 0 Å². The van der Waals surface area contributed by atoms with Gasteiger partial charge in [0, 0.05) is 19.1 Å². The molecule has 0 aromatic rings. The van der Waals surface area contributed by atoms with Crippen LogP contribution in [0.2, 0.25) is 0 Å². The van der Waals surface area contributed by atoms with E-state index in [1.807, 2.05) is 0 Å². The molecule has 4 N–H and O–H groups in total. The van der Waals surface area contributed by atoms with Crippen LogP contribution in [0.5, 0.6) is 0 Å². The van der Waals surface area contributed by atoms with Crippen molar-refractivity contribution >= 4 is 5.96 Å². The van der Waals surface area contributed by atoms with Crippen molar-refractivity contribution in [3.8, 4) is 0 Å². The number of rotatable bonds is 4. The van der Waals surface area contributed by atoms with E-state index in [4.69, 9.17) is 10.6 Å². The number of hydrogen-bond donors (Lipinski definition) is 3. The summed E-state index contributed by atoms with van der Waals surface area (Å²) in [6.45, 7) is 6.71. The SMILES string of the molecule is CCN1CCOC(CN=C(NN)NC2CCCCC2)C1. The Labute approximate surface area is 122 Å². The largest absolute Gasteiger partial charge is 0.374 e. The van der Waals surface area contributed by atoms with Crippen LogP contribution in [0.15, 0.2) is 4.99 Å². The molecule has 0 radical (unpaired) electrons. The lowest BCUT2D eigenvalue weighted by Crippen LogP contribution is -2.48. The van der Waals surface area contributed by atoms with Crippen molar-refractivity contribution in [3.05, 3.63) is 0 Å². The molecule has 1 unspecified atom stereocenters. The number of nitrogens with one attached hydrogen (secondary N) is 2. The Bertz CT molecular complexity index is 304. The third-order valence-electron chi connectivity index (χ3n) is 4.21. The van der Waals surface area contributed by atoms with Crippen LogP contribution >= 0.6 is 0 Å². The van der Waals surface area contributed by atoms with E-state index in [2.05, 4.69) is 27.6 Å². The molecule has 116 valence electrons. The zero-order valence-corrected chi connectivity index (χ0v) is 12.6. The van der Waals surface area contributed by atoms with Gasteiger partial charge in [0.2, 0.25) is 5.96 Å². The van der Waals surface area contributed by atoms with Crippen LogP contribution in [-0.2, 0) is 4.74 Å². The molecule has 1 aliphatic carbocycles. The summed E-state index contributed by atoms with van der Waals surface area (Å²) < 4.78 is 5.75. The number of hydrazine groups is 1. The van der Waals surface area contributed by atoms with Crippen LogP contribution in [0.25, 0.3) is 0 Å². The van der Waals surface area contributed by atoms with Crippen LogP contribution in [0.1, 0.15) is 39.0 Å². The van der Waals surface area contributed by atoms with Gasteiger partial charge in [0.05, 0.1) is 19.3 Å². The number of aliphatic imine (C=N–C) groups is 1. The van der Waals surface area contributed by atoms with Gasteiger partial charge in [-0.2, -0.15) is 0 Å². The number of ether oxygens (including phenoxy) is 1.